The smallest absolute Gasteiger partial charge is 0.360 e. The lowest BCUT2D eigenvalue weighted by Gasteiger charge is -2.07. The Morgan fingerprint density at radius 2 is 2.11 bits per heavy atom. The standard InChI is InChI=1S/C12H10N2O4/c1-7-3-2-4-8(5-7)14-6-9(15)11(16)10(13-14)12(17)18/h2-6,15H,1H3,(H,17,18). The summed E-state index contributed by atoms with van der Waals surface area (Å²) in [5, 5.41) is 21.9. The molecule has 1 aromatic carbocycles. The molecule has 0 spiro atoms. The molecule has 1 heterocycles. The molecular weight excluding hydrogens is 236 g/mol. The number of aromatic hydroxyl groups is 1. The summed E-state index contributed by atoms with van der Waals surface area (Å²) in [6.45, 7) is 1.87. The molecule has 0 atom stereocenters. The first-order valence-corrected chi connectivity index (χ1v) is 5.12. The molecule has 0 unspecified atom stereocenters. The van der Waals surface area contributed by atoms with E-state index in [2.05, 4.69) is 5.10 Å². The number of carboxylic acid groups (broad SMARTS) is 1. The van der Waals surface area contributed by atoms with Crippen molar-refractivity contribution in [2.45, 2.75) is 6.92 Å². The van der Waals surface area contributed by atoms with Crippen molar-refractivity contribution in [3.05, 3.63) is 51.9 Å². The van der Waals surface area contributed by atoms with Crippen molar-refractivity contribution in [3.8, 4) is 11.4 Å². The average molecular weight is 246 g/mol. The van der Waals surface area contributed by atoms with Gasteiger partial charge in [0, 0.05) is 0 Å². The molecule has 0 saturated heterocycles. The SMILES string of the molecule is Cc1cccc(-n2cc(O)c(=O)c(C(=O)O)n2)c1. The first-order chi connectivity index (χ1) is 8.49. The molecule has 2 N–H and O–H groups in total. The van der Waals surface area contributed by atoms with Gasteiger partial charge in [-0.3, -0.25) is 4.79 Å². The summed E-state index contributed by atoms with van der Waals surface area (Å²) in [6.07, 6.45) is 1.09. The molecule has 18 heavy (non-hydrogen) atoms. The van der Waals surface area contributed by atoms with E-state index in [0.717, 1.165) is 16.4 Å². The van der Waals surface area contributed by atoms with Crippen LogP contribution in [0.3, 0.4) is 0 Å². The number of hydrogen-bond donors (Lipinski definition) is 2. The zero-order valence-corrected chi connectivity index (χ0v) is 9.49. The van der Waals surface area contributed by atoms with Crippen LogP contribution in [0.5, 0.6) is 5.75 Å². The molecule has 1 aromatic heterocycles. The maximum absolute atomic E-state index is 11.4. The second kappa shape index (κ2) is 4.33. The molecule has 6 heteroatoms. The van der Waals surface area contributed by atoms with Gasteiger partial charge >= 0.3 is 5.97 Å². The van der Waals surface area contributed by atoms with E-state index in [4.69, 9.17) is 5.11 Å². The first-order valence-electron chi connectivity index (χ1n) is 5.12. The van der Waals surface area contributed by atoms with E-state index in [9.17, 15) is 14.7 Å². The molecule has 0 aliphatic heterocycles. The lowest BCUT2D eigenvalue weighted by atomic mass is 10.2. The number of aryl methyl sites for hydroxylation is 1. The van der Waals surface area contributed by atoms with Gasteiger partial charge in [-0.1, -0.05) is 12.1 Å². The van der Waals surface area contributed by atoms with Gasteiger partial charge in [-0.05, 0) is 24.6 Å². The van der Waals surface area contributed by atoms with Crippen LogP contribution in [0.1, 0.15) is 16.1 Å². The fourth-order valence-corrected chi connectivity index (χ4v) is 1.52. The Balaban J connectivity index is 2.66. The summed E-state index contributed by atoms with van der Waals surface area (Å²) >= 11 is 0. The average Bonchev–Trinajstić information content (AvgIpc) is 2.32. The van der Waals surface area contributed by atoms with E-state index >= 15 is 0 Å². The van der Waals surface area contributed by atoms with E-state index in [1.54, 1.807) is 18.2 Å². The van der Waals surface area contributed by atoms with Crippen molar-refractivity contribution in [1.82, 2.24) is 9.78 Å². The monoisotopic (exact) mass is 246 g/mol. The Morgan fingerprint density at radius 1 is 1.39 bits per heavy atom. The first kappa shape index (κ1) is 11.8. The third kappa shape index (κ3) is 2.08. The van der Waals surface area contributed by atoms with Crippen LogP contribution in [-0.4, -0.2) is 26.0 Å². The normalized spacial score (nSPS) is 10.3. The van der Waals surface area contributed by atoms with Crippen molar-refractivity contribution in [2.75, 3.05) is 0 Å². The van der Waals surface area contributed by atoms with Gasteiger partial charge in [-0.25, -0.2) is 9.48 Å². The highest BCUT2D eigenvalue weighted by Crippen LogP contribution is 2.11. The molecule has 0 fully saturated rings. The fourth-order valence-electron chi connectivity index (χ4n) is 1.52. The second-order valence-electron chi connectivity index (χ2n) is 3.78. The Bertz CT molecular complexity index is 676. The molecule has 2 rings (SSSR count). The number of hydrogen-bond acceptors (Lipinski definition) is 4. The van der Waals surface area contributed by atoms with E-state index in [1.807, 2.05) is 13.0 Å². The lowest BCUT2D eigenvalue weighted by Crippen LogP contribution is -2.21. The summed E-state index contributed by atoms with van der Waals surface area (Å²) in [6, 6.07) is 7.07. The predicted octanol–water partition coefficient (Wildman–Crippen LogP) is 0.945. The van der Waals surface area contributed by atoms with Crippen LogP contribution in [0.15, 0.2) is 35.3 Å². The predicted molar refractivity (Wildman–Crippen MR) is 63.2 cm³/mol. The highest BCUT2D eigenvalue weighted by atomic mass is 16.4. The minimum atomic E-state index is -1.47. The zero-order chi connectivity index (χ0) is 13.3. The molecule has 0 aliphatic carbocycles. The summed E-state index contributed by atoms with van der Waals surface area (Å²) < 4.78 is 1.16. The third-order valence-corrected chi connectivity index (χ3v) is 2.37. The number of carbonyl (C=O) groups is 1. The van der Waals surface area contributed by atoms with Crippen LogP contribution in [0.2, 0.25) is 0 Å². The Labute approximate surface area is 102 Å². The van der Waals surface area contributed by atoms with E-state index in [-0.39, 0.29) is 0 Å². The molecule has 6 nitrogen and oxygen atoms in total. The van der Waals surface area contributed by atoms with E-state index in [0.29, 0.717) is 5.69 Å². The van der Waals surface area contributed by atoms with Gasteiger partial charge in [-0.15, -0.1) is 0 Å². The number of aromatic carboxylic acids is 1. The van der Waals surface area contributed by atoms with Crippen molar-refractivity contribution in [1.29, 1.82) is 0 Å². The van der Waals surface area contributed by atoms with Gasteiger partial charge in [0.2, 0.25) is 5.69 Å². The molecule has 92 valence electrons. The number of rotatable bonds is 2. The maximum atomic E-state index is 11.4. The second-order valence-corrected chi connectivity index (χ2v) is 3.78. The van der Waals surface area contributed by atoms with Crippen molar-refractivity contribution < 1.29 is 15.0 Å². The Hall–Kier alpha value is -2.63. The number of carboxylic acids is 1. The van der Waals surface area contributed by atoms with Gasteiger partial charge in [0.25, 0.3) is 5.43 Å². The van der Waals surface area contributed by atoms with Gasteiger partial charge in [0.1, 0.15) is 0 Å². The minimum absolute atomic E-state index is 0.563. The van der Waals surface area contributed by atoms with E-state index in [1.165, 1.54) is 0 Å². The highest BCUT2D eigenvalue weighted by molar-refractivity contribution is 5.85. The van der Waals surface area contributed by atoms with Crippen molar-refractivity contribution in [3.63, 3.8) is 0 Å². The Morgan fingerprint density at radius 3 is 2.72 bits per heavy atom. The van der Waals surface area contributed by atoms with E-state index < -0.39 is 22.8 Å². The van der Waals surface area contributed by atoms with Gasteiger partial charge in [0.05, 0.1) is 11.9 Å². The van der Waals surface area contributed by atoms with Crippen molar-refractivity contribution in [2.24, 2.45) is 0 Å². The van der Waals surface area contributed by atoms with Crippen LogP contribution in [0.25, 0.3) is 5.69 Å². The number of benzene rings is 1. The van der Waals surface area contributed by atoms with Crippen LogP contribution >= 0.6 is 0 Å². The quantitative estimate of drug-likeness (QED) is 0.822. The summed E-state index contributed by atoms with van der Waals surface area (Å²) in [4.78, 5) is 22.2. The molecule has 2 aromatic rings. The zero-order valence-electron chi connectivity index (χ0n) is 9.49. The van der Waals surface area contributed by atoms with Crippen LogP contribution in [0, 0.1) is 6.92 Å². The fraction of sp³-hybridized carbons (Fsp3) is 0.0833. The molecule has 0 aliphatic rings. The molecular formula is C12H10N2O4. The number of nitrogens with zero attached hydrogens (tertiary/aromatic N) is 2. The van der Waals surface area contributed by atoms with Gasteiger partial charge < -0.3 is 10.2 Å². The van der Waals surface area contributed by atoms with Crippen LogP contribution in [0.4, 0.5) is 0 Å². The summed E-state index contributed by atoms with van der Waals surface area (Å²) in [7, 11) is 0. The largest absolute Gasteiger partial charge is 0.503 e. The molecule has 0 bridgehead atoms. The lowest BCUT2D eigenvalue weighted by molar-refractivity contribution is 0.0686. The number of aromatic nitrogens is 2. The van der Waals surface area contributed by atoms with Gasteiger partial charge in [0.15, 0.2) is 5.75 Å². The molecule has 0 radical (unpaired) electrons. The highest BCUT2D eigenvalue weighted by Gasteiger charge is 2.15. The van der Waals surface area contributed by atoms with Crippen molar-refractivity contribution >= 4 is 5.97 Å². The van der Waals surface area contributed by atoms with Crippen LogP contribution < -0.4 is 5.43 Å². The van der Waals surface area contributed by atoms with Crippen LogP contribution in [-0.2, 0) is 0 Å². The molecule has 0 amide bonds. The summed E-state index contributed by atoms with van der Waals surface area (Å²) in [5.74, 6) is -2.12. The molecule has 0 saturated carbocycles. The summed E-state index contributed by atoms with van der Waals surface area (Å²) in [5.41, 5.74) is -0.194. The topological polar surface area (TPSA) is 92.4 Å². The maximum Gasteiger partial charge on any atom is 0.360 e. The Kier molecular flexibility index (Phi) is 2.85. The minimum Gasteiger partial charge on any atom is -0.503 e. The third-order valence-electron chi connectivity index (χ3n) is 2.37. The van der Waals surface area contributed by atoms with Gasteiger partial charge in [-0.2, -0.15) is 5.10 Å².